The minimum atomic E-state index is 0.322. The van der Waals surface area contributed by atoms with E-state index in [9.17, 15) is 0 Å². The van der Waals surface area contributed by atoms with Crippen LogP contribution >= 0.6 is 0 Å². The van der Waals surface area contributed by atoms with E-state index in [2.05, 4.69) is 41.5 Å². The molecule has 36 heavy (non-hydrogen) atoms. The Hall–Kier alpha value is -3.72. The molecule has 3 heteroatoms. The summed E-state index contributed by atoms with van der Waals surface area (Å²) in [6, 6.07) is 38.1. The summed E-state index contributed by atoms with van der Waals surface area (Å²) in [6.07, 6.45) is 3.75. The normalized spacial score (nSPS) is 7.83. The highest BCUT2D eigenvalue weighted by Gasteiger charge is 1.76. The van der Waals surface area contributed by atoms with E-state index >= 15 is 0 Å². The molecule has 0 aliphatic heterocycles. The summed E-state index contributed by atoms with van der Waals surface area (Å²) in [5.74, 6) is 0.965. The summed E-state index contributed by atoms with van der Waals surface area (Å²) in [4.78, 5) is 0. The maximum Gasteiger partial charge on any atom is 0.115 e. The molecule has 3 nitrogen and oxygen atoms in total. The lowest BCUT2D eigenvalue weighted by Crippen LogP contribution is -1.56. The second kappa shape index (κ2) is 33.5. The van der Waals surface area contributed by atoms with Crippen molar-refractivity contribution in [1.29, 1.82) is 0 Å². The van der Waals surface area contributed by atoms with E-state index in [0.717, 1.165) is 0 Å². The van der Waals surface area contributed by atoms with Crippen LogP contribution in [0.2, 0.25) is 0 Å². The van der Waals surface area contributed by atoms with Crippen molar-refractivity contribution in [2.75, 3.05) is 0 Å². The van der Waals surface area contributed by atoms with Crippen molar-refractivity contribution in [3.8, 4) is 17.2 Å². The maximum absolute atomic E-state index is 8.63. The first-order chi connectivity index (χ1) is 17.4. The van der Waals surface area contributed by atoms with Gasteiger partial charge in [-0.25, -0.2) is 0 Å². The molecular weight excluding hydrogens is 444 g/mol. The average molecular weight is 493 g/mol. The molecule has 0 spiro atoms. The average Bonchev–Trinajstić information content (AvgIpc) is 2.89. The fourth-order valence-electron chi connectivity index (χ4n) is 1.67. The Kier molecular flexibility index (Phi) is 34.2. The van der Waals surface area contributed by atoms with Gasteiger partial charge in [0.05, 0.1) is 0 Å². The first-order valence-electron chi connectivity index (χ1n) is 12.6. The van der Waals surface area contributed by atoms with Gasteiger partial charge in [-0.3, -0.25) is 0 Å². The van der Waals surface area contributed by atoms with Gasteiger partial charge >= 0.3 is 0 Å². The molecule has 0 bridgehead atoms. The fraction of sp³-hybridized carbons (Fsp3) is 0.273. The summed E-state index contributed by atoms with van der Waals surface area (Å²) in [7, 11) is 0. The summed E-state index contributed by atoms with van der Waals surface area (Å²) < 4.78 is 0. The van der Waals surface area contributed by atoms with Gasteiger partial charge in [0.15, 0.2) is 0 Å². The van der Waals surface area contributed by atoms with Crippen molar-refractivity contribution >= 4 is 0 Å². The minimum absolute atomic E-state index is 0.322. The zero-order chi connectivity index (χ0) is 27.7. The zero-order valence-electron chi connectivity index (χ0n) is 23.1. The first kappa shape index (κ1) is 36.8. The van der Waals surface area contributed by atoms with E-state index in [-0.39, 0.29) is 0 Å². The number of hydrogen-bond acceptors (Lipinski definition) is 3. The number of phenolic OH excluding ortho intramolecular Hbond substituents is 3. The number of benzene rings is 4. The molecule has 3 N–H and O–H groups in total. The lowest BCUT2D eigenvalue weighted by atomic mass is 10.3. The van der Waals surface area contributed by atoms with E-state index in [1.807, 2.05) is 54.6 Å². The number of rotatable bonds is 0. The number of phenols is 3. The standard InChI is InChI=1S/3C6H6O.C6H6.3C3H8/c3*7-6-4-2-1-3-5-6;1-2-4-6-5-3-1;3*1-3-2/h3*1-5,7H;1-6H;3*3H2,1-2H3. The molecular formula is C33H48O3. The highest BCUT2D eigenvalue weighted by Crippen LogP contribution is 2.04. The van der Waals surface area contributed by atoms with Gasteiger partial charge < -0.3 is 15.3 Å². The monoisotopic (exact) mass is 492 g/mol. The second-order valence-electron chi connectivity index (χ2n) is 7.28. The van der Waals surface area contributed by atoms with Crippen molar-refractivity contribution in [3.63, 3.8) is 0 Å². The van der Waals surface area contributed by atoms with E-state index < -0.39 is 0 Å². The Labute approximate surface area is 220 Å². The zero-order valence-corrected chi connectivity index (χ0v) is 23.1. The fourth-order valence-corrected chi connectivity index (χ4v) is 1.67. The van der Waals surface area contributed by atoms with Gasteiger partial charge in [-0.2, -0.15) is 0 Å². The van der Waals surface area contributed by atoms with Crippen molar-refractivity contribution in [1.82, 2.24) is 0 Å². The largest absolute Gasteiger partial charge is 0.508 e. The molecule has 0 aliphatic rings. The van der Waals surface area contributed by atoms with E-state index in [4.69, 9.17) is 15.3 Å². The number of para-hydroxylation sites is 3. The van der Waals surface area contributed by atoms with Crippen LogP contribution in [0.3, 0.4) is 0 Å². The summed E-state index contributed by atoms with van der Waals surface area (Å²) in [5, 5.41) is 25.9. The molecule has 0 unspecified atom stereocenters. The van der Waals surface area contributed by atoms with Crippen LogP contribution < -0.4 is 0 Å². The molecule has 0 atom stereocenters. The molecule has 0 saturated carbocycles. The Balaban J connectivity index is -0.000000365. The lowest BCUT2D eigenvalue weighted by molar-refractivity contribution is 0.475. The quantitative estimate of drug-likeness (QED) is 0.229. The van der Waals surface area contributed by atoms with Gasteiger partial charge in [0.1, 0.15) is 17.2 Å². The molecule has 0 heterocycles. The smallest absolute Gasteiger partial charge is 0.115 e. The Morgan fingerprint density at radius 3 is 0.500 bits per heavy atom. The van der Waals surface area contributed by atoms with Crippen LogP contribution in [0, 0.1) is 0 Å². The molecule has 0 radical (unpaired) electrons. The van der Waals surface area contributed by atoms with E-state index in [1.165, 1.54) is 19.3 Å². The van der Waals surface area contributed by atoms with Gasteiger partial charge in [0.25, 0.3) is 0 Å². The molecule has 0 saturated heterocycles. The summed E-state index contributed by atoms with van der Waals surface area (Å²) in [6.45, 7) is 12.8. The Morgan fingerprint density at radius 1 is 0.306 bits per heavy atom. The summed E-state index contributed by atoms with van der Waals surface area (Å²) >= 11 is 0. The lowest BCUT2D eigenvalue weighted by Gasteiger charge is -1.82. The Morgan fingerprint density at radius 2 is 0.417 bits per heavy atom. The van der Waals surface area contributed by atoms with Crippen LogP contribution in [0.5, 0.6) is 17.2 Å². The summed E-state index contributed by atoms with van der Waals surface area (Å²) in [5.41, 5.74) is 0. The van der Waals surface area contributed by atoms with Crippen molar-refractivity contribution in [2.24, 2.45) is 0 Å². The van der Waals surface area contributed by atoms with Gasteiger partial charge in [0.2, 0.25) is 0 Å². The SMILES string of the molecule is CCC.CCC.CCC.Oc1ccccc1.Oc1ccccc1.Oc1ccccc1.c1ccccc1. The molecule has 0 amide bonds. The highest BCUT2D eigenvalue weighted by atomic mass is 16.3. The number of aromatic hydroxyl groups is 3. The predicted molar refractivity (Wildman–Crippen MR) is 159 cm³/mol. The topological polar surface area (TPSA) is 60.7 Å². The molecule has 4 aromatic carbocycles. The predicted octanol–water partition coefficient (Wildman–Crippen LogP) is 10.1. The first-order valence-corrected chi connectivity index (χ1v) is 12.6. The van der Waals surface area contributed by atoms with Crippen LogP contribution in [0.25, 0.3) is 0 Å². The molecule has 198 valence electrons. The van der Waals surface area contributed by atoms with Crippen molar-refractivity contribution in [2.45, 2.75) is 60.8 Å². The maximum atomic E-state index is 8.63. The third kappa shape index (κ3) is 37.6. The van der Waals surface area contributed by atoms with Gasteiger partial charge in [-0.15, -0.1) is 0 Å². The van der Waals surface area contributed by atoms with Gasteiger partial charge in [-0.05, 0) is 36.4 Å². The molecule has 4 aromatic rings. The minimum Gasteiger partial charge on any atom is -0.508 e. The molecule has 0 aliphatic carbocycles. The Bertz CT molecular complexity index is 716. The molecule has 0 aromatic heterocycles. The third-order valence-electron chi connectivity index (χ3n) is 2.94. The van der Waals surface area contributed by atoms with Crippen molar-refractivity contribution < 1.29 is 15.3 Å². The van der Waals surface area contributed by atoms with Crippen LogP contribution in [0.15, 0.2) is 127 Å². The van der Waals surface area contributed by atoms with E-state index in [1.54, 1.807) is 72.8 Å². The molecule has 0 fully saturated rings. The third-order valence-corrected chi connectivity index (χ3v) is 2.94. The second-order valence-corrected chi connectivity index (χ2v) is 7.28. The number of hydrogen-bond donors (Lipinski definition) is 3. The van der Waals surface area contributed by atoms with Crippen LogP contribution in [-0.2, 0) is 0 Å². The van der Waals surface area contributed by atoms with Crippen molar-refractivity contribution in [3.05, 3.63) is 127 Å². The van der Waals surface area contributed by atoms with Gasteiger partial charge in [0, 0.05) is 0 Å². The highest BCUT2D eigenvalue weighted by molar-refractivity contribution is 5.19. The van der Waals surface area contributed by atoms with Crippen LogP contribution in [-0.4, -0.2) is 15.3 Å². The van der Waals surface area contributed by atoms with Crippen LogP contribution in [0.1, 0.15) is 60.8 Å². The molecule has 4 rings (SSSR count). The van der Waals surface area contributed by atoms with Gasteiger partial charge in [-0.1, -0.05) is 152 Å². The van der Waals surface area contributed by atoms with E-state index in [0.29, 0.717) is 17.2 Å². The van der Waals surface area contributed by atoms with Crippen LogP contribution in [0.4, 0.5) is 0 Å².